The van der Waals surface area contributed by atoms with Crippen molar-refractivity contribution in [1.29, 1.82) is 0 Å². The number of carbonyl (C=O) groups excluding carboxylic acids is 2. The second-order valence-corrected chi connectivity index (χ2v) is 4.73. The number of hydrogen-bond acceptors (Lipinski definition) is 3. The molecule has 0 heterocycles. The number of fused-ring (bicyclic) bond motifs is 1. The third kappa shape index (κ3) is 2.50. The lowest BCUT2D eigenvalue weighted by Gasteiger charge is -2.16. The molecule has 0 aliphatic heterocycles. The Morgan fingerprint density at radius 2 is 2.00 bits per heavy atom. The van der Waals surface area contributed by atoms with Gasteiger partial charge in [0.15, 0.2) is 11.6 Å². The smallest absolute Gasteiger partial charge is 0.193 e. The van der Waals surface area contributed by atoms with Gasteiger partial charge in [0.2, 0.25) is 0 Å². The highest BCUT2D eigenvalue weighted by molar-refractivity contribution is 6.25. The summed E-state index contributed by atoms with van der Waals surface area (Å²) in [6.45, 7) is 3.93. The molecule has 0 saturated carbocycles. The second-order valence-electron chi connectivity index (χ2n) is 4.73. The molecular formula is C16H16O3. The van der Waals surface area contributed by atoms with E-state index in [2.05, 4.69) is 0 Å². The van der Waals surface area contributed by atoms with Crippen molar-refractivity contribution < 1.29 is 14.3 Å². The van der Waals surface area contributed by atoms with Crippen LogP contribution in [0.3, 0.4) is 0 Å². The molecule has 1 aromatic rings. The number of allylic oxidation sites excluding steroid dienone is 4. The lowest BCUT2D eigenvalue weighted by Crippen LogP contribution is -2.17. The van der Waals surface area contributed by atoms with E-state index >= 15 is 0 Å². The van der Waals surface area contributed by atoms with Gasteiger partial charge in [-0.2, -0.15) is 0 Å². The predicted molar refractivity (Wildman–Crippen MR) is 73.8 cm³/mol. The van der Waals surface area contributed by atoms with Crippen LogP contribution in [-0.4, -0.2) is 18.7 Å². The van der Waals surface area contributed by atoms with E-state index in [9.17, 15) is 9.59 Å². The van der Waals surface area contributed by atoms with Crippen LogP contribution in [0, 0.1) is 0 Å². The summed E-state index contributed by atoms with van der Waals surface area (Å²) in [7, 11) is 1.50. The molecule has 2 rings (SSSR count). The van der Waals surface area contributed by atoms with Crippen LogP contribution in [0.1, 0.15) is 41.0 Å². The topological polar surface area (TPSA) is 43.4 Å². The first-order valence-corrected chi connectivity index (χ1v) is 6.14. The molecule has 1 aliphatic rings. The zero-order valence-electron chi connectivity index (χ0n) is 11.3. The molecule has 3 heteroatoms. The Kier molecular flexibility index (Phi) is 3.65. The Bertz CT molecular complexity index is 602. The summed E-state index contributed by atoms with van der Waals surface area (Å²) in [5.74, 6) is 0.203. The number of ketones is 2. The summed E-state index contributed by atoms with van der Waals surface area (Å²) >= 11 is 0. The lowest BCUT2D eigenvalue weighted by molar-refractivity contribution is 0.0980. The monoisotopic (exact) mass is 256 g/mol. The van der Waals surface area contributed by atoms with Crippen molar-refractivity contribution in [2.24, 2.45) is 0 Å². The molecule has 0 radical (unpaired) electrons. The number of hydrogen-bond donors (Lipinski definition) is 0. The number of Topliss-reactive ketones (excluding diaryl/α,β-unsaturated/α-hetero) is 1. The number of ether oxygens (including phenoxy) is 1. The predicted octanol–water partition coefficient (Wildman–Crippen LogP) is 3.36. The number of carbonyl (C=O) groups is 2. The third-order valence-electron chi connectivity index (χ3n) is 3.07. The van der Waals surface area contributed by atoms with Crippen LogP contribution in [0.4, 0.5) is 0 Å². The Morgan fingerprint density at radius 1 is 1.26 bits per heavy atom. The zero-order valence-corrected chi connectivity index (χ0v) is 11.3. The molecule has 0 atom stereocenters. The summed E-state index contributed by atoms with van der Waals surface area (Å²) in [6, 6.07) is 5.08. The van der Waals surface area contributed by atoms with Gasteiger partial charge in [-0.1, -0.05) is 23.8 Å². The van der Waals surface area contributed by atoms with E-state index in [-0.39, 0.29) is 11.6 Å². The van der Waals surface area contributed by atoms with Gasteiger partial charge >= 0.3 is 0 Å². The molecular weight excluding hydrogens is 240 g/mol. The molecule has 98 valence electrons. The van der Waals surface area contributed by atoms with E-state index < -0.39 is 0 Å². The molecule has 19 heavy (non-hydrogen) atoms. The van der Waals surface area contributed by atoms with E-state index in [4.69, 9.17) is 4.74 Å². The van der Waals surface area contributed by atoms with Crippen molar-refractivity contribution >= 4 is 11.6 Å². The highest BCUT2D eigenvalue weighted by Gasteiger charge is 2.27. The van der Waals surface area contributed by atoms with Crippen LogP contribution in [0.2, 0.25) is 0 Å². The fourth-order valence-corrected chi connectivity index (χ4v) is 2.07. The van der Waals surface area contributed by atoms with Gasteiger partial charge in [-0.15, -0.1) is 0 Å². The first kappa shape index (κ1) is 13.3. The molecule has 1 aromatic carbocycles. The van der Waals surface area contributed by atoms with E-state index in [1.54, 1.807) is 18.2 Å². The van der Waals surface area contributed by atoms with Crippen molar-refractivity contribution in [3.05, 3.63) is 52.6 Å². The number of methoxy groups -OCH3 is 1. The second kappa shape index (κ2) is 5.22. The molecule has 0 unspecified atom stereocenters. The maximum Gasteiger partial charge on any atom is 0.193 e. The highest BCUT2D eigenvalue weighted by Crippen LogP contribution is 2.30. The molecule has 0 saturated heterocycles. The number of rotatable bonds is 3. The van der Waals surface area contributed by atoms with E-state index in [1.165, 1.54) is 13.2 Å². The largest absolute Gasteiger partial charge is 0.496 e. The molecule has 0 bridgehead atoms. The minimum absolute atomic E-state index is 0.121. The standard InChI is InChI=1S/C16H16O3/c1-10(2)7-8-11-9-13(17)12-5-4-6-14(19-3)15(12)16(11)18/h4-7,9H,8H2,1-3H3. The van der Waals surface area contributed by atoms with E-state index in [0.29, 0.717) is 28.9 Å². The molecule has 1 aliphatic carbocycles. The summed E-state index contributed by atoms with van der Waals surface area (Å²) < 4.78 is 5.19. The Morgan fingerprint density at radius 3 is 2.63 bits per heavy atom. The van der Waals surface area contributed by atoms with Crippen LogP contribution < -0.4 is 4.74 Å². The molecule has 0 aromatic heterocycles. The third-order valence-corrected chi connectivity index (χ3v) is 3.07. The fraction of sp³-hybridized carbons (Fsp3) is 0.250. The van der Waals surface area contributed by atoms with Gasteiger partial charge in [-0.25, -0.2) is 0 Å². The van der Waals surface area contributed by atoms with Crippen molar-refractivity contribution in [3.8, 4) is 5.75 Å². The van der Waals surface area contributed by atoms with E-state index in [1.807, 2.05) is 19.9 Å². The molecule has 0 fully saturated rings. The maximum absolute atomic E-state index is 12.4. The maximum atomic E-state index is 12.4. The van der Waals surface area contributed by atoms with Crippen LogP contribution >= 0.6 is 0 Å². The summed E-state index contributed by atoms with van der Waals surface area (Å²) in [4.78, 5) is 24.5. The highest BCUT2D eigenvalue weighted by atomic mass is 16.5. The van der Waals surface area contributed by atoms with Crippen LogP contribution in [0.5, 0.6) is 5.75 Å². The molecule has 0 N–H and O–H groups in total. The van der Waals surface area contributed by atoms with Gasteiger partial charge in [0.1, 0.15) is 5.75 Å². The van der Waals surface area contributed by atoms with Crippen molar-refractivity contribution in [2.75, 3.05) is 7.11 Å². The Hall–Kier alpha value is -2.16. The van der Waals surface area contributed by atoms with Crippen LogP contribution in [0.15, 0.2) is 41.5 Å². The van der Waals surface area contributed by atoms with Crippen LogP contribution in [0.25, 0.3) is 0 Å². The van der Waals surface area contributed by atoms with Crippen LogP contribution in [-0.2, 0) is 0 Å². The van der Waals surface area contributed by atoms with Gasteiger partial charge in [0.25, 0.3) is 0 Å². The zero-order chi connectivity index (χ0) is 14.0. The molecule has 3 nitrogen and oxygen atoms in total. The van der Waals surface area contributed by atoms with Gasteiger partial charge < -0.3 is 4.74 Å². The number of benzene rings is 1. The van der Waals surface area contributed by atoms with Crippen molar-refractivity contribution in [2.45, 2.75) is 20.3 Å². The summed E-state index contributed by atoms with van der Waals surface area (Å²) in [6.07, 6.45) is 3.85. The first-order valence-electron chi connectivity index (χ1n) is 6.14. The minimum atomic E-state index is -0.134. The summed E-state index contributed by atoms with van der Waals surface area (Å²) in [5, 5.41) is 0. The quantitative estimate of drug-likeness (QED) is 0.779. The Labute approximate surface area is 112 Å². The normalized spacial score (nSPS) is 13.7. The van der Waals surface area contributed by atoms with Gasteiger partial charge in [-0.05, 0) is 32.4 Å². The lowest BCUT2D eigenvalue weighted by atomic mass is 9.87. The van der Waals surface area contributed by atoms with Gasteiger partial charge in [0, 0.05) is 11.1 Å². The van der Waals surface area contributed by atoms with E-state index in [0.717, 1.165) is 5.57 Å². The fourth-order valence-electron chi connectivity index (χ4n) is 2.07. The Balaban J connectivity index is 2.48. The van der Waals surface area contributed by atoms with Crippen molar-refractivity contribution in [3.63, 3.8) is 0 Å². The molecule has 0 spiro atoms. The van der Waals surface area contributed by atoms with Crippen molar-refractivity contribution in [1.82, 2.24) is 0 Å². The molecule has 0 amide bonds. The van der Waals surface area contributed by atoms with Gasteiger partial charge in [0.05, 0.1) is 12.7 Å². The first-order chi connectivity index (χ1) is 9.04. The average molecular weight is 256 g/mol. The van der Waals surface area contributed by atoms with Gasteiger partial charge in [-0.3, -0.25) is 9.59 Å². The average Bonchev–Trinajstić information content (AvgIpc) is 2.40. The SMILES string of the molecule is COc1cccc2c1C(=O)C(CC=C(C)C)=CC2=O. The minimum Gasteiger partial charge on any atom is -0.496 e. The summed E-state index contributed by atoms with van der Waals surface area (Å²) in [5.41, 5.74) is 2.44.